The molecule has 0 radical (unpaired) electrons. The van der Waals surface area contributed by atoms with Crippen molar-refractivity contribution in [2.24, 2.45) is 0 Å². The van der Waals surface area contributed by atoms with Crippen molar-refractivity contribution in [2.75, 3.05) is 33.5 Å². The van der Waals surface area contributed by atoms with Crippen LogP contribution in [0.1, 0.15) is 6.42 Å². The number of esters is 1. The predicted molar refractivity (Wildman–Crippen MR) is 50.2 cm³/mol. The fourth-order valence-electron chi connectivity index (χ4n) is 1.14. The van der Waals surface area contributed by atoms with E-state index in [1.165, 1.54) is 7.11 Å². The van der Waals surface area contributed by atoms with Gasteiger partial charge in [0.2, 0.25) is 0 Å². The fourth-order valence-corrected chi connectivity index (χ4v) is 1.14. The maximum absolute atomic E-state index is 11.4. The molecule has 1 rings (SSSR count). The van der Waals surface area contributed by atoms with Crippen molar-refractivity contribution in [1.29, 1.82) is 0 Å². The molecule has 0 bridgehead atoms. The van der Waals surface area contributed by atoms with Crippen molar-refractivity contribution >= 4 is 11.9 Å². The predicted octanol–water partition coefficient (Wildman–Crippen LogP) is -0.919. The first-order valence-electron chi connectivity index (χ1n) is 4.78. The molecule has 0 aliphatic carbocycles. The van der Waals surface area contributed by atoms with Gasteiger partial charge in [0.15, 0.2) is 6.10 Å². The summed E-state index contributed by atoms with van der Waals surface area (Å²) in [6.07, 6.45) is -0.396. The first-order chi connectivity index (χ1) is 7.24. The van der Waals surface area contributed by atoms with E-state index in [9.17, 15) is 9.59 Å². The van der Waals surface area contributed by atoms with Crippen LogP contribution < -0.4 is 5.32 Å². The van der Waals surface area contributed by atoms with Crippen LogP contribution in [0.4, 0.5) is 0 Å². The summed E-state index contributed by atoms with van der Waals surface area (Å²) in [7, 11) is 1.31. The van der Waals surface area contributed by atoms with Gasteiger partial charge in [-0.2, -0.15) is 0 Å². The number of amides is 1. The number of hydrogen-bond donors (Lipinski definition) is 1. The summed E-state index contributed by atoms with van der Waals surface area (Å²) in [6, 6.07) is 0. The number of carbonyl (C=O) groups is 2. The van der Waals surface area contributed by atoms with Gasteiger partial charge >= 0.3 is 5.97 Å². The molecule has 1 amide bonds. The molecular formula is C9H15NO5. The highest BCUT2D eigenvalue weighted by Crippen LogP contribution is 2.00. The van der Waals surface area contributed by atoms with Crippen molar-refractivity contribution < 1.29 is 23.8 Å². The van der Waals surface area contributed by atoms with Gasteiger partial charge in [-0.3, -0.25) is 9.59 Å². The maximum atomic E-state index is 11.4. The third kappa shape index (κ3) is 4.26. The average Bonchev–Trinajstić information content (AvgIpc) is 2.29. The Morgan fingerprint density at radius 1 is 1.47 bits per heavy atom. The Labute approximate surface area is 87.9 Å². The van der Waals surface area contributed by atoms with E-state index in [1.54, 1.807) is 0 Å². The van der Waals surface area contributed by atoms with Crippen LogP contribution in [0.3, 0.4) is 0 Å². The zero-order chi connectivity index (χ0) is 11.1. The topological polar surface area (TPSA) is 73.9 Å². The van der Waals surface area contributed by atoms with E-state index in [4.69, 9.17) is 9.47 Å². The number of nitrogens with one attached hydrogen (secondary N) is 1. The highest BCUT2D eigenvalue weighted by atomic mass is 16.6. The SMILES string of the molecule is COC(=O)CCNC(=O)C1COCCO1. The Kier molecular flexibility index (Phi) is 5.06. The van der Waals surface area contributed by atoms with E-state index in [0.29, 0.717) is 13.2 Å². The summed E-state index contributed by atoms with van der Waals surface area (Å²) < 4.78 is 14.7. The van der Waals surface area contributed by atoms with Crippen LogP contribution in [-0.2, 0) is 23.8 Å². The Hall–Kier alpha value is -1.14. The van der Waals surface area contributed by atoms with E-state index in [1.807, 2.05) is 0 Å². The molecule has 6 nitrogen and oxygen atoms in total. The molecule has 0 saturated carbocycles. The number of rotatable bonds is 4. The highest BCUT2D eigenvalue weighted by Gasteiger charge is 2.22. The molecule has 0 spiro atoms. The summed E-state index contributed by atoms with van der Waals surface area (Å²) in [6.45, 7) is 1.47. The van der Waals surface area contributed by atoms with Crippen LogP contribution in [0.25, 0.3) is 0 Å². The average molecular weight is 217 g/mol. The van der Waals surface area contributed by atoms with Gasteiger partial charge in [0, 0.05) is 6.54 Å². The van der Waals surface area contributed by atoms with Crippen molar-refractivity contribution in [3.8, 4) is 0 Å². The molecule has 0 aromatic heterocycles. The van der Waals surface area contributed by atoms with Gasteiger partial charge in [0.25, 0.3) is 5.91 Å². The normalized spacial score (nSPS) is 20.7. The van der Waals surface area contributed by atoms with Gasteiger partial charge in [-0.25, -0.2) is 0 Å². The van der Waals surface area contributed by atoms with E-state index < -0.39 is 6.10 Å². The van der Waals surface area contributed by atoms with Crippen LogP contribution in [0.2, 0.25) is 0 Å². The molecule has 86 valence electrons. The molecule has 0 aromatic carbocycles. The summed E-state index contributed by atoms with van der Waals surface area (Å²) in [5.74, 6) is -0.602. The number of ether oxygens (including phenoxy) is 3. The second-order valence-corrected chi connectivity index (χ2v) is 3.05. The van der Waals surface area contributed by atoms with Crippen molar-refractivity contribution in [2.45, 2.75) is 12.5 Å². The van der Waals surface area contributed by atoms with Crippen LogP contribution in [-0.4, -0.2) is 51.5 Å². The second kappa shape index (κ2) is 6.36. The second-order valence-electron chi connectivity index (χ2n) is 3.05. The monoisotopic (exact) mass is 217 g/mol. The van der Waals surface area contributed by atoms with Crippen molar-refractivity contribution in [1.82, 2.24) is 5.32 Å². The lowest BCUT2D eigenvalue weighted by molar-refractivity contribution is -0.147. The smallest absolute Gasteiger partial charge is 0.307 e. The lowest BCUT2D eigenvalue weighted by Gasteiger charge is -2.21. The molecule has 0 aromatic rings. The summed E-state index contributed by atoms with van der Waals surface area (Å²) in [4.78, 5) is 22.1. The molecule has 1 fully saturated rings. The molecule has 1 unspecified atom stereocenters. The number of hydrogen-bond acceptors (Lipinski definition) is 5. The molecular weight excluding hydrogens is 202 g/mol. The van der Waals surface area contributed by atoms with Gasteiger partial charge in [0.1, 0.15) is 0 Å². The van der Waals surface area contributed by atoms with E-state index in [-0.39, 0.29) is 31.4 Å². The fraction of sp³-hybridized carbons (Fsp3) is 0.778. The van der Waals surface area contributed by atoms with Gasteiger partial charge in [-0.1, -0.05) is 0 Å². The van der Waals surface area contributed by atoms with Crippen LogP contribution >= 0.6 is 0 Å². The lowest BCUT2D eigenvalue weighted by Crippen LogP contribution is -2.43. The van der Waals surface area contributed by atoms with E-state index in [2.05, 4.69) is 10.1 Å². The molecule has 1 aliphatic heterocycles. The van der Waals surface area contributed by atoms with E-state index >= 15 is 0 Å². The number of carbonyl (C=O) groups excluding carboxylic acids is 2. The zero-order valence-corrected chi connectivity index (χ0v) is 8.65. The summed E-state index contributed by atoms with van der Waals surface area (Å²) >= 11 is 0. The Bertz CT molecular complexity index is 225. The molecule has 1 heterocycles. The summed E-state index contributed by atoms with van der Waals surface area (Å²) in [5.41, 5.74) is 0. The molecule has 1 saturated heterocycles. The Morgan fingerprint density at radius 2 is 2.27 bits per heavy atom. The van der Waals surface area contributed by atoms with Gasteiger partial charge in [0.05, 0.1) is 33.4 Å². The molecule has 1 atom stereocenters. The lowest BCUT2D eigenvalue weighted by atomic mass is 10.3. The van der Waals surface area contributed by atoms with Gasteiger partial charge in [-0.15, -0.1) is 0 Å². The van der Waals surface area contributed by atoms with Crippen LogP contribution in [0.15, 0.2) is 0 Å². The summed E-state index contributed by atoms with van der Waals surface area (Å²) in [5, 5.41) is 2.57. The largest absolute Gasteiger partial charge is 0.469 e. The maximum Gasteiger partial charge on any atom is 0.307 e. The molecule has 6 heteroatoms. The first-order valence-corrected chi connectivity index (χ1v) is 4.78. The minimum atomic E-state index is -0.559. The van der Waals surface area contributed by atoms with Gasteiger partial charge in [-0.05, 0) is 0 Å². The van der Waals surface area contributed by atoms with E-state index in [0.717, 1.165) is 0 Å². The molecule has 1 N–H and O–H groups in total. The van der Waals surface area contributed by atoms with Crippen molar-refractivity contribution in [3.63, 3.8) is 0 Å². The number of methoxy groups -OCH3 is 1. The first kappa shape index (κ1) is 11.9. The third-order valence-electron chi connectivity index (χ3n) is 1.96. The molecule has 15 heavy (non-hydrogen) atoms. The Morgan fingerprint density at radius 3 is 2.87 bits per heavy atom. The zero-order valence-electron chi connectivity index (χ0n) is 8.65. The van der Waals surface area contributed by atoms with Crippen molar-refractivity contribution in [3.05, 3.63) is 0 Å². The van der Waals surface area contributed by atoms with Crippen LogP contribution in [0.5, 0.6) is 0 Å². The quantitative estimate of drug-likeness (QED) is 0.616. The third-order valence-corrected chi connectivity index (χ3v) is 1.96. The standard InChI is InChI=1S/C9H15NO5/c1-13-8(11)2-3-10-9(12)7-6-14-4-5-15-7/h7H,2-6H2,1H3,(H,10,12). The highest BCUT2D eigenvalue weighted by molar-refractivity contribution is 5.81. The van der Waals surface area contributed by atoms with Gasteiger partial charge < -0.3 is 19.5 Å². The Balaban J connectivity index is 2.14. The minimum absolute atomic E-state index is 0.163. The van der Waals surface area contributed by atoms with Crippen LogP contribution in [0, 0.1) is 0 Å². The molecule has 1 aliphatic rings. The minimum Gasteiger partial charge on any atom is -0.469 e.